The molecule has 0 spiro atoms. The molecule has 1 aliphatic heterocycles. The molecule has 8 heteroatoms. The van der Waals surface area contributed by atoms with Gasteiger partial charge in [0.15, 0.2) is 0 Å². The number of amides is 2. The van der Waals surface area contributed by atoms with Gasteiger partial charge in [0.05, 0.1) is 5.36 Å². The zero-order valence-corrected chi connectivity index (χ0v) is 12.6. The Labute approximate surface area is 139 Å². The minimum absolute atomic E-state index is 0.129. The molecule has 2 aromatic carbocycles. The van der Waals surface area contributed by atoms with Crippen molar-refractivity contribution in [3.63, 3.8) is 0 Å². The van der Waals surface area contributed by atoms with E-state index in [1.807, 2.05) is 0 Å². The van der Waals surface area contributed by atoms with Gasteiger partial charge in [0.1, 0.15) is 5.75 Å². The molecule has 0 radical (unpaired) electrons. The maximum Gasteiger partial charge on any atom is 0.573 e. The van der Waals surface area contributed by atoms with Gasteiger partial charge in [-0.1, -0.05) is 18.2 Å². The third-order valence-corrected chi connectivity index (χ3v) is 3.41. The molecule has 0 aliphatic carbocycles. The third kappa shape index (κ3) is 4.23. The number of fused-ring (bicyclic) bond motifs is 1. The van der Waals surface area contributed by atoms with Crippen LogP contribution in [-0.4, -0.2) is 18.2 Å². The average molecular weight is 348 g/mol. The highest BCUT2D eigenvalue weighted by atomic mass is 19.4. The SMILES string of the molecule is O=C1C=c2ccc(C(=O)NCc3ccc(OC(F)(F)F)cc3)cc2=N1. The van der Waals surface area contributed by atoms with Crippen LogP contribution in [0.2, 0.25) is 0 Å². The van der Waals surface area contributed by atoms with Crippen LogP contribution < -0.4 is 20.6 Å². The lowest BCUT2D eigenvalue weighted by atomic mass is 10.1. The van der Waals surface area contributed by atoms with Crippen molar-refractivity contribution in [3.8, 4) is 5.75 Å². The Hall–Kier alpha value is -3.16. The van der Waals surface area contributed by atoms with Gasteiger partial charge >= 0.3 is 6.36 Å². The van der Waals surface area contributed by atoms with Crippen LogP contribution in [0.3, 0.4) is 0 Å². The molecular weight excluding hydrogens is 337 g/mol. The van der Waals surface area contributed by atoms with Crippen LogP contribution in [0.25, 0.3) is 6.08 Å². The van der Waals surface area contributed by atoms with Crippen LogP contribution in [0.1, 0.15) is 15.9 Å². The number of nitrogens with zero attached hydrogens (tertiary/aromatic N) is 1. The van der Waals surface area contributed by atoms with E-state index in [1.54, 1.807) is 12.1 Å². The van der Waals surface area contributed by atoms with Gasteiger partial charge < -0.3 is 10.1 Å². The molecule has 0 unspecified atom stereocenters. The van der Waals surface area contributed by atoms with Gasteiger partial charge in [-0.05, 0) is 29.8 Å². The smallest absolute Gasteiger partial charge is 0.406 e. The average Bonchev–Trinajstić information content (AvgIpc) is 2.91. The van der Waals surface area contributed by atoms with Gasteiger partial charge in [-0.25, -0.2) is 4.99 Å². The summed E-state index contributed by atoms with van der Waals surface area (Å²) in [5.74, 6) is -1.08. The Kier molecular flexibility index (Phi) is 4.26. The van der Waals surface area contributed by atoms with E-state index in [4.69, 9.17) is 0 Å². The lowest BCUT2D eigenvalue weighted by molar-refractivity contribution is -0.274. The Balaban J connectivity index is 1.63. The van der Waals surface area contributed by atoms with Gasteiger partial charge in [0, 0.05) is 23.4 Å². The Morgan fingerprint density at radius 3 is 2.52 bits per heavy atom. The molecule has 1 heterocycles. The first-order valence-corrected chi connectivity index (χ1v) is 7.17. The molecule has 0 aromatic heterocycles. The number of carbonyl (C=O) groups is 2. The molecule has 0 saturated heterocycles. The van der Waals surface area contributed by atoms with Crippen molar-refractivity contribution in [2.75, 3.05) is 0 Å². The van der Waals surface area contributed by atoms with Crippen LogP contribution in [0.5, 0.6) is 5.75 Å². The van der Waals surface area contributed by atoms with Gasteiger partial charge in [-0.2, -0.15) is 0 Å². The highest BCUT2D eigenvalue weighted by Crippen LogP contribution is 2.22. The van der Waals surface area contributed by atoms with Crippen molar-refractivity contribution in [1.82, 2.24) is 5.32 Å². The monoisotopic (exact) mass is 348 g/mol. The second kappa shape index (κ2) is 6.39. The maximum absolute atomic E-state index is 12.1. The topological polar surface area (TPSA) is 67.8 Å². The largest absolute Gasteiger partial charge is 0.573 e. The molecule has 2 aromatic rings. The van der Waals surface area contributed by atoms with Crippen molar-refractivity contribution < 1.29 is 27.5 Å². The summed E-state index contributed by atoms with van der Waals surface area (Å²) in [7, 11) is 0. The summed E-state index contributed by atoms with van der Waals surface area (Å²) in [6, 6.07) is 9.89. The highest BCUT2D eigenvalue weighted by molar-refractivity contribution is 6.06. The van der Waals surface area contributed by atoms with Crippen LogP contribution in [0, 0.1) is 0 Å². The predicted octanol–water partition coefficient (Wildman–Crippen LogP) is 1.46. The van der Waals surface area contributed by atoms with Crippen molar-refractivity contribution in [2.45, 2.75) is 12.9 Å². The van der Waals surface area contributed by atoms with E-state index in [1.165, 1.54) is 36.4 Å². The summed E-state index contributed by atoms with van der Waals surface area (Å²) in [5.41, 5.74) is 0.944. The molecule has 1 N–H and O–H groups in total. The summed E-state index contributed by atoms with van der Waals surface area (Å²) in [6.07, 6.45) is -3.37. The molecule has 2 amide bonds. The molecule has 3 rings (SSSR count). The molecular formula is C17H11F3N2O3. The Morgan fingerprint density at radius 2 is 1.84 bits per heavy atom. The zero-order valence-electron chi connectivity index (χ0n) is 12.6. The first-order valence-electron chi connectivity index (χ1n) is 7.17. The standard InChI is InChI=1S/C17H11F3N2O3/c18-17(19,20)25-13-5-1-10(2-6-13)9-21-16(24)12-4-3-11-8-15(23)22-14(11)7-12/h1-8H,9H2,(H,21,24). The van der Waals surface area contributed by atoms with E-state index in [9.17, 15) is 22.8 Å². The van der Waals surface area contributed by atoms with Crippen LogP contribution >= 0.6 is 0 Å². The number of hydrogen-bond acceptors (Lipinski definition) is 3. The third-order valence-electron chi connectivity index (χ3n) is 3.41. The van der Waals surface area contributed by atoms with E-state index < -0.39 is 6.36 Å². The van der Waals surface area contributed by atoms with Crippen LogP contribution in [0.15, 0.2) is 47.5 Å². The quantitative estimate of drug-likeness (QED) is 0.910. The number of alkyl halides is 3. The van der Waals surface area contributed by atoms with E-state index >= 15 is 0 Å². The maximum atomic E-state index is 12.1. The van der Waals surface area contributed by atoms with E-state index in [0.29, 0.717) is 21.7 Å². The number of hydrogen-bond donors (Lipinski definition) is 1. The van der Waals surface area contributed by atoms with Gasteiger partial charge in [-0.15, -0.1) is 13.2 Å². The molecule has 25 heavy (non-hydrogen) atoms. The molecule has 1 aliphatic rings. The number of nitrogens with one attached hydrogen (secondary N) is 1. The van der Waals surface area contributed by atoms with E-state index in [-0.39, 0.29) is 24.1 Å². The number of benzene rings is 2. The highest BCUT2D eigenvalue weighted by Gasteiger charge is 2.30. The normalized spacial score (nSPS) is 12.8. The number of carbonyl (C=O) groups excluding carboxylic acids is 2. The molecule has 0 fully saturated rings. The molecule has 5 nitrogen and oxygen atoms in total. The van der Waals surface area contributed by atoms with Crippen molar-refractivity contribution in [2.24, 2.45) is 4.99 Å². The number of ether oxygens (including phenoxy) is 1. The van der Waals surface area contributed by atoms with Gasteiger partial charge in [-0.3, -0.25) is 9.59 Å². The van der Waals surface area contributed by atoms with Crippen molar-refractivity contribution in [1.29, 1.82) is 0 Å². The first kappa shape index (κ1) is 16.7. The molecule has 0 atom stereocenters. The predicted molar refractivity (Wildman–Crippen MR) is 81.0 cm³/mol. The second-order valence-corrected chi connectivity index (χ2v) is 5.24. The van der Waals surface area contributed by atoms with E-state index in [0.717, 1.165) is 0 Å². The summed E-state index contributed by atoms with van der Waals surface area (Å²) in [5, 5.41) is 3.74. The van der Waals surface area contributed by atoms with Crippen molar-refractivity contribution in [3.05, 3.63) is 64.2 Å². The fourth-order valence-electron chi connectivity index (χ4n) is 2.28. The second-order valence-electron chi connectivity index (χ2n) is 5.24. The minimum atomic E-state index is -4.74. The van der Waals surface area contributed by atoms with Gasteiger partial charge in [0.2, 0.25) is 0 Å². The minimum Gasteiger partial charge on any atom is -0.406 e. The van der Waals surface area contributed by atoms with Crippen LogP contribution in [-0.2, 0) is 11.3 Å². The molecule has 0 saturated carbocycles. The lowest BCUT2D eigenvalue weighted by Crippen LogP contribution is -2.27. The Bertz CT molecular complexity index is 951. The summed E-state index contributed by atoms with van der Waals surface area (Å²) in [6.45, 7) is 0.129. The molecule has 128 valence electrons. The zero-order chi connectivity index (χ0) is 18.0. The van der Waals surface area contributed by atoms with Crippen LogP contribution in [0.4, 0.5) is 13.2 Å². The number of rotatable bonds is 4. The summed E-state index contributed by atoms with van der Waals surface area (Å²) >= 11 is 0. The van der Waals surface area contributed by atoms with Crippen molar-refractivity contribution >= 4 is 17.9 Å². The fraction of sp³-hybridized carbons (Fsp3) is 0.118. The first-order chi connectivity index (χ1) is 11.8. The fourth-order valence-corrected chi connectivity index (χ4v) is 2.28. The Morgan fingerprint density at radius 1 is 1.12 bits per heavy atom. The lowest BCUT2D eigenvalue weighted by Gasteiger charge is -2.09. The summed E-state index contributed by atoms with van der Waals surface area (Å²) < 4.78 is 40.1. The van der Waals surface area contributed by atoms with E-state index in [2.05, 4.69) is 15.0 Å². The molecule has 0 bridgehead atoms. The van der Waals surface area contributed by atoms with Gasteiger partial charge in [0.25, 0.3) is 11.8 Å². The summed E-state index contributed by atoms with van der Waals surface area (Å²) in [4.78, 5) is 27.1. The number of halogens is 3.